The molecule has 2 saturated heterocycles. The summed E-state index contributed by atoms with van der Waals surface area (Å²) in [7, 11) is 0. The van der Waals surface area contributed by atoms with Gasteiger partial charge in [0.05, 0.1) is 12.4 Å². The first-order valence-electron chi connectivity index (χ1n) is 10.7. The van der Waals surface area contributed by atoms with E-state index in [1.165, 1.54) is 4.90 Å². The van der Waals surface area contributed by atoms with Gasteiger partial charge in [0.1, 0.15) is 5.54 Å². The van der Waals surface area contributed by atoms with Crippen LogP contribution in [0, 0.1) is 18.7 Å². The average Bonchev–Trinajstić information content (AvgIpc) is 3.26. The molecule has 0 spiro atoms. The molecular weight excluding hydrogens is 456 g/mol. The molecule has 0 saturated carbocycles. The van der Waals surface area contributed by atoms with Gasteiger partial charge in [-0.1, -0.05) is 13.0 Å². The molecule has 2 aliphatic rings. The smallest absolute Gasteiger partial charge is 0.415 e. The Balaban J connectivity index is 1.43. The summed E-state index contributed by atoms with van der Waals surface area (Å²) in [6, 6.07) is 4.49. The van der Waals surface area contributed by atoms with Gasteiger partial charge in [0, 0.05) is 23.7 Å². The van der Waals surface area contributed by atoms with E-state index in [2.05, 4.69) is 25.5 Å². The summed E-state index contributed by atoms with van der Waals surface area (Å²) in [6.45, 7) is 3.81. The Kier molecular flexibility index (Phi) is 5.06. The summed E-state index contributed by atoms with van der Waals surface area (Å²) >= 11 is 0. The molecule has 3 atom stereocenters. The molecule has 8 nitrogen and oxygen atoms in total. The van der Waals surface area contributed by atoms with Gasteiger partial charge in [0.15, 0.2) is 11.6 Å². The molecule has 2 amide bonds. The topological polar surface area (TPSA) is 97.0 Å². The van der Waals surface area contributed by atoms with Crippen LogP contribution in [-0.2, 0) is 11.7 Å². The number of urea groups is 1. The van der Waals surface area contributed by atoms with Gasteiger partial charge in [-0.2, -0.15) is 13.2 Å². The summed E-state index contributed by atoms with van der Waals surface area (Å²) in [5.41, 5.74) is 0.780. The fourth-order valence-electron chi connectivity index (χ4n) is 5.05. The molecule has 2 fully saturated rings. The van der Waals surface area contributed by atoms with Crippen molar-refractivity contribution in [1.29, 1.82) is 0 Å². The lowest BCUT2D eigenvalue weighted by molar-refractivity contribution is -0.161. The van der Waals surface area contributed by atoms with Crippen LogP contribution in [0.1, 0.15) is 43.5 Å². The lowest BCUT2D eigenvalue weighted by atomic mass is 9.64. The number of alkyl halides is 3. The van der Waals surface area contributed by atoms with Crippen LogP contribution in [0.2, 0.25) is 0 Å². The summed E-state index contributed by atoms with van der Waals surface area (Å²) in [5, 5.41) is 9.63. The maximum atomic E-state index is 13.3. The van der Waals surface area contributed by atoms with E-state index in [1.807, 2.05) is 13.8 Å². The molecule has 1 N–H and O–H groups in total. The molecule has 2 aromatic heterocycles. The Morgan fingerprint density at radius 3 is 2.62 bits per heavy atom. The highest BCUT2D eigenvalue weighted by Gasteiger charge is 2.62. The number of amides is 2. The van der Waals surface area contributed by atoms with Crippen molar-refractivity contribution in [1.82, 2.24) is 25.1 Å². The van der Waals surface area contributed by atoms with E-state index in [1.54, 1.807) is 18.2 Å². The summed E-state index contributed by atoms with van der Waals surface area (Å²) in [5.74, 6) is -1.73. The van der Waals surface area contributed by atoms with Crippen molar-refractivity contribution < 1.29 is 26.8 Å². The van der Waals surface area contributed by atoms with Gasteiger partial charge in [-0.05, 0) is 43.4 Å². The van der Waals surface area contributed by atoms with Crippen LogP contribution in [0.5, 0.6) is 0 Å². The van der Waals surface area contributed by atoms with E-state index in [9.17, 15) is 22.4 Å². The normalized spacial score (nSPS) is 24.0. The summed E-state index contributed by atoms with van der Waals surface area (Å²) < 4.78 is 57.3. The standard InChI is InChI=1S/C22H20F4N6O2/c1-11-5-15-8-21(7-11,18-30-31-19(34-18)22(24,25)26)32(15)20(33)29-14-4-3-12(2)16(6-14)17-27-9-13(23)10-28-17/h3-4,6,9-11,15H,5,7-8H2,1-2H3,(H,29,33)/t11-,15?,21?/m0/s1. The second-order valence-corrected chi connectivity index (χ2v) is 8.90. The number of benzene rings is 1. The first-order valence-corrected chi connectivity index (χ1v) is 10.7. The molecule has 0 radical (unpaired) electrons. The van der Waals surface area contributed by atoms with E-state index >= 15 is 0 Å². The van der Waals surface area contributed by atoms with Crippen molar-refractivity contribution in [3.05, 3.63) is 53.8 Å². The molecule has 4 heterocycles. The Morgan fingerprint density at radius 2 is 1.94 bits per heavy atom. The van der Waals surface area contributed by atoms with Crippen LogP contribution in [0.3, 0.4) is 0 Å². The summed E-state index contributed by atoms with van der Waals surface area (Å²) in [6.07, 6.45) is -1.07. The van der Waals surface area contributed by atoms with Gasteiger partial charge in [-0.25, -0.2) is 19.2 Å². The second kappa shape index (κ2) is 7.74. The van der Waals surface area contributed by atoms with E-state index in [-0.39, 0.29) is 17.9 Å². The van der Waals surface area contributed by atoms with Gasteiger partial charge >= 0.3 is 18.1 Å². The molecule has 12 heteroatoms. The lowest BCUT2D eigenvalue weighted by Gasteiger charge is -2.61. The Labute approximate surface area is 191 Å². The molecular formula is C22H20F4N6O2. The fraction of sp³-hybridized carbons (Fsp3) is 0.409. The first-order chi connectivity index (χ1) is 16.1. The summed E-state index contributed by atoms with van der Waals surface area (Å²) in [4.78, 5) is 22.8. The Hall–Kier alpha value is -3.57. The van der Waals surface area contributed by atoms with Crippen molar-refractivity contribution in [2.45, 2.75) is 50.9 Å². The minimum Gasteiger partial charge on any atom is -0.415 e. The van der Waals surface area contributed by atoms with Crippen molar-refractivity contribution in [3.63, 3.8) is 0 Å². The number of aromatic nitrogens is 4. The highest BCUT2D eigenvalue weighted by molar-refractivity contribution is 5.91. The molecule has 0 aliphatic carbocycles. The van der Waals surface area contributed by atoms with Gasteiger partial charge in [-0.3, -0.25) is 0 Å². The zero-order valence-corrected chi connectivity index (χ0v) is 18.2. The predicted octanol–water partition coefficient (Wildman–Crippen LogP) is 4.92. The van der Waals surface area contributed by atoms with Gasteiger partial charge in [-0.15, -0.1) is 10.2 Å². The number of halogens is 4. The second-order valence-electron chi connectivity index (χ2n) is 8.90. The maximum Gasteiger partial charge on any atom is 0.470 e. The lowest BCUT2D eigenvalue weighted by Crippen LogP contribution is -2.70. The number of piperidine rings is 1. The minimum absolute atomic E-state index is 0.157. The number of aryl methyl sites for hydroxylation is 1. The number of anilines is 1. The number of hydrogen-bond acceptors (Lipinski definition) is 6. The molecule has 178 valence electrons. The molecule has 2 unspecified atom stereocenters. The Morgan fingerprint density at radius 1 is 1.21 bits per heavy atom. The number of hydrogen-bond donors (Lipinski definition) is 1. The SMILES string of the molecule is Cc1ccc(NC(=O)N2C3C[C@H](C)CC2(c2nnc(C(F)(F)F)o2)C3)cc1-c1ncc(F)cn1. The zero-order chi connectivity index (χ0) is 24.3. The van der Waals surface area contributed by atoms with Crippen LogP contribution < -0.4 is 5.32 Å². The van der Waals surface area contributed by atoms with Gasteiger partial charge in [0.2, 0.25) is 5.89 Å². The number of carbonyl (C=O) groups is 1. The predicted molar refractivity (Wildman–Crippen MR) is 111 cm³/mol. The molecule has 34 heavy (non-hydrogen) atoms. The molecule has 3 aromatic rings. The van der Waals surface area contributed by atoms with Crippen LogP contribution in [0.25, 0.3) is 11.4 Å². The van der Waals surface area contributed by atoms with Crippen molar-refractivity contribution >= 4 is 11.7 Å². The van der Waals surface area contributed by atoms with E-state index < -0.39 is 29.5 Å². The van der Waals surface area contributed by atoms with Crippen LogP contribution in [0.15, 0.2) is 35.0 Å². The van der Waals surface area contributed by atoms with Crippen LogP contribution in [0.4, 0.5) is 28.0 Å². The Bertz CT molecular complexity index is 1240. The zero-order valence-electron chi connectivity index (χ0n) is 18.2. The number of rotatable bonds is 3. The van der Waals surface area contributed by atoms with Crippen molar-refractivity contribution in [2.24, 2.45) is 5.92 Å². The van der Waals surface area contributed by atoms with E-state index in [0.717, 1.165) is 24.4 Å². The van der Waals surface area contributed by atoms with Crippen LogP contribution >= 0.6 is 0 Å². The number of carbonyl (C=O) groups excluding carboxylic acids is 1. The number of nitrogens with zero attached hydrogens (tertiary/aromatic N) is 5. The molecule has 5 rings (SSSR count). The molecule has 2 aliphatic heterocycles. The minimum atomic E-state index is -4.76. The van der Waals surface area contributed by atoms with Crippen LogP contribution in [-0.4, -0.2) is 37.1 Å². The third-order valence-electron chi connectivity index (χ3n) is 6.39. The highest BCUT2D eigenvalue weighted by atomic mass is 19.4. The highest BCUT2D eigenvalue weighted by Crippen LogP contribution is 2.55. The van der Waals surface area contributed by atoms with Crippen molar-refractivity contribution in [2.75, 3.05) is 5.32 Å². The van der Waals surface area contributed by atoms with E-state index in [0.29, 0.717) is 29.9 Å². The fourth-order valence-corrected chi connectivity index (χ4v) is 5.05. The van der Waals surface area contributed by atoms with Gasteiger partial charge in [0.25, 0.3) is 0 Å². The van der Waals surface area contributed by atoms with Gasteiger partial charge < -0.3 is 14.6 Å². The molecule has 2 bridgehead atoms. The van der Waals surface area contributed by atoms with E-state index in [4.69, 9.17) is 4.42 Å². The monoisotopic (exact) mass is 476 g/mol. The number of fused-ring (bicyclic) bond motifs is 2. The first kappa shape index (κ1) is 22.2. The maximum absolute atomic E-state index is 13.3. The van der Waals surface area contributed by atoms with Crippen molar-refractivity contribution in [3.8, 4) is 11.4 Å². The third-order valence-corrected chi connectivity index (χ3v) is 6.39. The number of nitrogens with one attached hydrogen (secondary N) is 1. The average molecular weight is 476 g/mol. The third kappa shape index (κ3) is 3.66. The molecule has 1 aromatic carbocycles. The largest absolute Gasteiger partial charge is 0.470 e. The quantitative estimate of drug-likeness (QED) is 0.539.